The lowest BCUT2D eigenvalue weighted by Crippen LogP contribution is -2.37. The van der Waals surface area contributed by atoms with Crippen molar-refractivity contribution in [2.75, 3.05) is 45.8 Å². The van der Waals surface area contributed by atoms with Crippen molar-refractivity contribution in [1.82, 2.24) is 15.1 Å². The summed E-state index contributed by atoms with van der Waals surface area (Å²) < 4.78 is 0. The van der Waals surface area contributed by atoms with E-state index in [1.165, 1.54) is 71.5 Å². The van der Waals surface area contributed by atoms with Crippen LogP contribution in [0.25, 0.3) is 0 Å². The number of nitrogens with zero attached hydrogens (tertiary/aromatic N) is 2. The fourth-order valence-corrected chi connectivity index (χ4v) is 3.41. The molecule has 2 aliphatic rings. The van der Waals surface area contributed by atoms with Crippen LogP contribution in [0.4, 0.5) is 0 Å². The minimum atomic E-state index is 0.786. The quantitative estimate of drug-likeness (QED) is 0.698. The van der Waals surface area contributed by atoms with Crippen molar-refractivity contribution in [3.8, 4) is 0 Å². The Bertz CT molecular complexity index is 226. The lowest BCUT2D eigenvalue weighted by atomic mass is 10.1. The third-order valence-electron chi connectivity index (χ3n) is 4.39. The van der Waals surface area contributed by atoms with Gasteiger partial charge in [-0.25, -0.2) is 0 Å². The predicted molar refractivity (Wildman–Crippen MR) is 78.0 cm³/mol. The van der Waals surface area contributed by atoms with Crippen molar-refractivity contribution >= 4 is 0 Å². The Kier molecular flexibility index (Phi) is 5.93. The first-order chi connectivity index (χ1) is 8.79. The highest BCUT2D eigenvalue weighted by Crippen LogP contribution is 2.20. The van der Waals surface area contributed by atoms with Crippen LogP contribution in [0.15, 0.2) is 0 Å². The van der Waals surface area contributed by atoms with Crippen molar-refractivity contribution < 1.29 is 0 Å². The van der Waals surface area contributed by atoms with Crippen LogP contribution < -0.4 is 5.32 Å². The average Bonchev–Trinajstić information content (AvgIpc) is 2.98. The van der Waals surface area contributed by atoms with Crippen LogP contribution in [0.1, 0.15) is 39.5 Å². The number of nitrogens with one attached hydrogen (secondary N) is 1. The monoisotopic (exact) mass is 253 g/mol. The normalized spacial score (nSPS) is 28.0. The van der Waals surface area contributed by atoms with E-state index < -0.39 is 0 Å². The van der Waals surface area contributed by atoms with E-state index in [1.807, 2.05) is 0 Å². The Labute approximate surface area is 113 Å². The molecule has 0 spiro atoms. The van der Waals surface area contributed by atoms with Crippen molar-refractivity contribution in [1.29, 1.82) is 0 Å². The summed E-state index contributed by atoms with van der Waals surface area (Å²) in [5, 5.41) is 3.54. The van der Waals surface area contributed by atoms with Crippen molar-refractivity contribution in [3.63, 3.8) is 0 Å². The van der Waals surface area contributed by atoms with E-state index in [2.05, 4.69) is 29.0 Å². The minimum absolute atomic E-state index is 0.786. The van der Waals surface area contributed by atoms with Crippen molar-refractivity contribution in [2.24, 2.45) is 5.92 Å². The second-order valence-corrected chi connectivity index (χ2v) is 6.25. The third kappa shape index (κ3) is 4.22. The highest BCUT2D eigenvalue weighted by Gasteiger charge is 2.29. The van der Waals surface area contributed by atoms with Gasteiger partial charge in [-0.15, -0.1) is 0 Å². The molecular weight excluding hydrogens is 222 g/mol. The summed E-state index contributed by atoms with van der Waals surface area (Å²) in [6.45, 7) is 13.6. The molecule has 2 aliphatic heterocycles. The van der Waals surface area contributed by atoms with Gasteiger partial charge in [-0.3, -0.25) is 4.90 Å². The van der Waals surface area contributed by atoms with Crippen LogP contribution in [-0.2, 0) is 0 Å². The molecule has 0 radical (unpaired) electrons. The first-order valence-corrected chi connectivity index (χ1v) is 7.96. The zero-order valence-corrected chi connectivity index (χ0v) is 12.3. The fraction of sp³-hybridized carbons (Fsp3) is 1.00. The maximum Gasteiger partial charge on any atom is 0.0235 e. The molecule has 0 saturated carbocycles. The van der Waals surface area contributed by atoms with E-state index in [0.717, 1.165) is 12.0 Å². The van der Waals surface area contributed by atoms with E-state index in [0.29, 0.717) is 0 Å². The second-order valence-electron chi connectivity index (χ2n) is 6.25. The molecule has 0 bridgehead atoms. The third-order valence-corrected chi connectivity index (χ3v) is 4.39. The van der Waals surface area contributed by atoms with Crippen LogP contribution in [0.3, 0.4) is 0 Å². The summed E-state index contributed by atoms with van der Waals surface area (Å²) in [7, 11) is 0. The smallest absolute Gasteiger partial charge is 0.0235 e. The van der Waals surface area contributed by atoms with Crippen LogP contribution in [-0.4, -0.2) is 61.7 Å². The van der Waals surface area contributed by atoms with E-state index in [1.54, 1.807) is 0 Å². The van der Waals surface area contributed by atoms with Gasteiger partial charge in [0, 0.05) is 19.1 Å². The maximum atomic E-state index is 3.54. The summed E-state index contributed by atoms with van der Waals surface area (Å²) in [6.07, 6.45) is 5.49. The molecule has 0 aromatic carbocycles. The van der Waals surface area contributed by atoms with Gasteiger partial charge in [0.2, 0.25) is 0 Å². The number of rotatable bonds is 7. The Balaban J connectivity index is 1.62. The van der Waals surface area contributed by atoms with E-state index in [9.17, 15) is 0 Å². The van der Waals surface area contributed by atoms with Gasteiger partial charge in [-0.1, -0.05) is 13.8 Å². The standard InChI is InChI=1S/C15H31N3/c1-3-7-16-11-14(2)12-17-10-6-15(13-17)18-8-4-5-9-18/h14-16H,3-13H2,1-2H3. The van der Waals surface area contributed by atoms with Gasteiger partial charge in [-0.05, 0) is 64.3 Å². The lowest BCUT2D eigenvalue weighted by Gasteiger charge is -2.25. The van der Waals surface area contributed by atoms with Crippen LogP contribution >= 0.6 is 0 Å². The topological polar surface area (TPSA) is 18.5 Å². The molecule has 3 heteroatoms. The number of hydrogen-bond donors (Lipinski definition) is 1. The molecule has 0 aliphatic carbocycles. The number of hydrogen-bond acceptors (Lipinski definition) is 3. The molecule has 1 N–H and O–H groups in total. The summed E-state index contributed by atoms with van der Waals surface area (Å²) in [4.78, 5) is 5.40. The first-order valence-electron chi connectivity index (χ1n) is 7.96. The second kappa shape index (κ2) is 7.46. The summed E-state index contributed by atoms with van der Waals surface area (Å²) in [5.74, 6) is 0.786. The zero-order chi connectivity index (χ0) is 12.8. The summed E-state index contributed by atoms with van der Waals surface area (Å²) in [5.41, 5.74) is 0. The highest BCUT2D eigenvalue weighted by molar-refractivity contribution is 4.86. The number of likely N-dealkylation sites (tertiary alicyclic amines) is 2. The van der Waals surface area contributed by atoms with Crippen LogP contribution in [0.2, 0.25) is 0 Å². The average molecular weight is 253 g/mol. The lowest BCUT2D eigenvalue weighted by molar-refractivity contribution is 0.220. The molecule has 3 nitrogen and oxygen atoms in total. The molecule has 2 unspecified atom stereocenters. The SMILES string of the molecule is CCCNCC(C)CN1CCC(N2CCCC2)C1. The van der Waals surface area contributed by atoms with Gasteiger partial charge in [0.1, 0.15) is 0 Å². The van der Waals surface area contributed by atoms with Crippen molar-refractivity contribution in [2.45, 2.75) is 45.6 Å². The zero-order valence-electron chi connectivity index (χ0n) is 12.3. The highest BCUT2D eigenvalue weighted by atomic mass is 15.3. The molecule has 2 heterocycles. The molecule has 0 aromatic heterocycles. The van der Waals surface area contributed by atoms with Crippen molar-refractivity contribution in [3.05, 3.63) is 0 Å². The molecule has 106 valence electrons. The molecule has 2 atom stereocenters. The van der Waals surface area contributed by atoms with Crippen LogP contribution in [0.5, 0.6) is 0 Å². The Morgan fingerprint density at radius 1 is 1.22 bits per heavy atom. The van der Waals surface area contributed by atoms with Crippen LogP contribution in [0, 0.1) is 5.92 Å². The Morgan fingerprint density at radius 3 is 2.72 bits per heavy atom. The molecule has 2 fully saturated rings. The molecular formula is C15H31N3. The molecule has 18 heavy (non-hydrogen) atoms. The van der Waals surface area contributed by atoms with Gasteiger partial charge in [0.05, 0.1) is 0 Å². The van der Waals surface area contributed by atoms with Gasteiger partial charge >= 0.3 is 0 Å². The first kappa shape index (κ1) is 14.3. The van der Waals surface area contributed by atoms with Gasteiger partial charge < -0.3 is 10.2 Å². The predicted octanol–water partition coefficient (Wildman–Crippen LogP) is 1.79. The van der Waals surface area contributed by atoms with E-state index in [-0.39, 0.29) is 0 Å². The molecule has 0 aromatic rings. The summed E-state index contributed by atoms with van der Waals surface area (Å²) >= 11 is 0. The van der Waals surface area contributed by atoms with E-state index in [4.69, 9.17) is 0 Å². The fourth-order valence-electron chi connectivity index (χ4n) is 3.41. The molecule has 2 saturated heterocycles. The van der Waals surface area contributed by atoms with E-state index >= 15 is 0 Å². The van der Waals surface area contributed by atoms with Gasteiger partial charge in [-0.2, -0.15) is 0 Å². The van der Waals surface area contributed by atoms with Gasteiger partial charge in [0.15, 0.2) is 0 Å². The molecule has 0 amide bonds. The van der Waals surface area contributed by atoms with Gasteiger partial charge in [0.25, 0.3) is 0 Å². The Hall–Kier alpha value is -0.120. The summed E-state index contributed by atoms with van der Waals surface area (Å²) in [6, 6.07) is 0.864. The largest absolute Gasteiger partial charge is 0.316 e. The Morgan fingerprint density at radius 2 is 2.00 bits per heavy atom. The maximum absolute atomic E-state index is 3.54. The minimum Gasteiger partial charge on any atom is -0.316 e. The molecule has 2 rings (SSSR count).